The van der Waals surface area contributed by atoms with Gasteiger partial charge in [0.05, 0.1) is 24.1 Å². The Labute approximate surface area is 145 Å². The van der Waals surface area contributed by atoms with E-state index in [1.807, 2.05) is 23.5 Å². The average Bonchev–Trinajstić information content (AvgIpc) is 3.06. The first-order chi connectivity index (χ1) is 11.7. The monoisotopic (exact) mass is 344 g/mol. The Morgan fingerprint density at radius 2 is 1.88 bits per heavy atom. The molecule has 0 saturated heterocycles. The molecule has 6 heteroatoms. The zero-order valence-electron chi connectivity index (χ0n) is 13.7. The minimum Gasteiger partial charge on any atom is -0.258 e. The number of non-ortho nitro benzene ring substituents is 1. The molecule has 0 spiro atoms. The number of hydrogen-bond donors (Lipinski definition) is 0. The number of thiazole rings is 1. The van der Waals surface area contributed by atoms with Gasteiger partial charge < -0.3 is 0 Å². The van der Waals surface area contributed by atoms with Crippen molar-refractivity contribution in [1.82, 2.24) is 0 Å². The molecule has 1 aromatic heterocycles. The molecule has 1 fully saturated rings. The van der Waals surface area contributed by atoms with Crippen molar-refractivity contribution in [2.75, 3.05) is 11.4 Å². The number of fused-ring (bicyclic) bond motifs is 1. The van der Waals surface area contributed by atoms with E-state index in [2.05, 4.69) is 14.8 Å². The molecule has 0 N–H and O–H groups in total. The maximum Gasteiger partial charge on any atom is 0.336 e. The molecular weight excluding hydrogens is 322 g/mol. The van der Waals surface area contributed by atoms with Crippen LogP contribution in [0.25, 0.3) is 11.3 Å². The Morgan fingerprint density at radius 1 is 1.12 bits per heavy atom. The van der Waals surface area contributed by atoms with Crippen molar-refractivity contribution in [2.45, 2.75) is 51.1 Å². The minimum absolute atomic E-state index is 0.150. The maximum absolute atomic E-state index is 10.8. The quantitative estimate of drug-likeness (QED) is 0.477. The highest BCUT2D eigenvalue weighted by Gasteiger charge is 2.35. The van der Waals surface area contributed by atoms with E-state index < -0.39 is 0 Å². The van der Waals surface area contributed by atoms with Crippen molar-refractivity contribution in [3.63, 3.8) is 0 Å². The van der Waals surface area contributed by atoms with Crippen LogP contribution in [-0.4, -0.2) is 17.5 Å². The summed E-state index contributed by atoms with van der Waals surface area (Å²) in [5.41, 5.74) is 2.40. The van der Waals surface area contributed by atoms with Crippen LogP contribution in [0.4, 0.5) is 10.8 Å². The van der Waals surface area contributed by atoms with E-state index in [0.717, 1.165) is 18.7 Å². The summed E-state index contributed by atoms with van der Waals surface area (Å²) >= 11 is 1.81. The van der Waals surface area contributed by atoms with Gasteiger partial charge >= 0.3 is 5.13 Å². The van der Waals surface area contributed by atoms with Gasteiger partial charge in [0.2, 0.25) is 0 Å². The van der Waals surface area contributed by atoms with Crippen LogP contribution in [0, 0.1) is 10.1 Å². The second-order valence-electron chi connectivity index (χ2n) is 6.70. The van der Waals surface area contributed by atoms with E-state index in [4.69, 9.17) is 0 Å². The average molecular weight is 344 g/mol. The number of hydrogen-bond acceptors (Lipinski definition) is 4. The number of anilines is 1. The molecule has 1 aromatic carbocycles. The lowest BCUT2D eigenvalue weighted by Crippen LogP contribution is -2.51. The van der Waals surface area contributed by atoms with Crippen molar-refractivity contribution >= 4 is 22.2 Å². The van der Waals surface area contributed by atoms with E-state index in [9.17, 15) is 10.1 Å². The standard InChI is InChI=1S/C18H22N3O2S/c22-21(23)16-9-7-14(8-10-16)17-13-24-18-19(11-4-12-20(17)18)15-5-2-1-3-6-15/h7-10,13,15H,1-6,11-12H2/q+1. The molecule has 0 unspecified atom stereocenters. The largest absolute Gasteiger partial charge is 0.336 e. The first-order valence-electron chi connectivity index (χ1n) is 8.77. The van der Waals surface area contributed by atoms with Gasteiger partial charge in [0, 0.05) is 29.5 Å². The van der Waals surface area contributed by atoms with Crippen LogP contribution in [0.5, 0.6) is 0 Å². The molecule has 1 aliphatic heterocycles. The summed E-state index contributed by atoms with van der Waals surface area (Å²) in [6.07, 6.45) is 7.87. The maximum atomic E-state index is 10.8. The van der Waals surface area contributed by atoms with Crippen LogP contribution in [0.3, 0.4) is 0 Å². The van der Waals surface area contributed by atoms with Crippen LogP contribution < -0.4 is 9.47 Å². The fourth-order valence-corrected chi connectivity index (χ4v) is 5.15. The predicted molar refractivity (Wildman–Crippen MR) is 95.4 cm³/mol. The highest BCUT2D eigenvalue weighted by molar-refractivity contribution is 7.13. The molecular formula is C18H22N3O2S+. The number of nitrogens with zero attached hydrogens (tertiary/aromatic N) is 3. The van der Waals surface area contributed by atoms with Gasteiger partial charge in [0.15, 0.2) is 0 Å². The molecule has 126 valence electrons. The molecule has 1 aliphatic carbocycles. The van der Waals surface area contributed by atoms with Crippen molar-refractivity contribution in [1.29, 1.82) is 0 Å². The number of aromatic nitrogens is 1. The van der Waals surface area contributed by atoms with E-state index in [-0.39, 0.29) is 10.6 Å². The first kappa shape index (κ1) is 15.6. The smallest absolute Gasteiger partial charge is 0.258 e. The lowest BCUT2D eigenvalue weighted by molar-refractivity contribution is -0.674. The summed E-state index contributed by atoms with van der Waals surface area (Å²) in [7, 11) is 0. The van der Waals surface area contributed by atoms with Crippen molar-refractivity contribution in [3.05, 3.63) is 39.8 Å². The molecule has 0 bridgehead atoms. The van der Waals surface area contributed by atoms with Crippen molar-refractivity contribution in [3.8, 4) is 11.3 Å². The third-order valence-corrected chi connectivity index (χ3v) is 6.22. The fraction of sp³-hybridized carbons (Fsp3) is 0.500. The molecule has 5 nitrogen and oxygen atoms in total. The van der Waals surface area contributed by atoms with Gasteiger partial charge in [-0.15, -0.1) is 0 Å². The summed E-state index contributed by atoms with van der Waals surface area (Å²) in [6, 6.07) is 7.62. The Balaban J connectivity index is 1.65. The summed E-state index contributed by atoms with van der Waals surface area (Å²) in [5, 5.41) is 14.4. The molecule has 2 aromatic rings. The number of benzene rings is 1. The normalized spacial score (nSPS) is 18.4. The Morgan fingerprint density at radius 3 is 2.58 bits per heavy atom. The van der Waals surface area contributed by atoms with E-state index in [0.29, 0.717) is 6.04 Å². The predicted octanol–water partition coefficient (Wildman–Crippen LogP) is 4.15. The summed E-state index contributed by atoms with van der Waals surface area (Å²) in [6.45, 7) is 2.19. The van der Waals surface area contributed by atoms with Crippen LogP contribution in [-0.2, 0) is 6.54 Å². The zero-order valence-corrected chi connectivity index (χ0v) is 14.5. The Bertz CT molecular complexity index is 735. The molecule has 24 heavy (non-hydrogen) atoms. The number of nitro benzene ring substituents is 1. The fourth-order valence-electron chi connectivity index (χ4n) is 3.98. The lowest BCUT2D eigenvalue weighted by Gasteiger charge is -2.31. The lowest BCUT2D eigenvalue weighted by atomic mass is 9.94. The number of nitro groups is 1. The molecule has 2 aliphatic rings. The van der Waals surface area contributed by atoms with Gasteiger partial charge in [0.1, 0.15) is 5.69 Å². The van der Waals surface area contributed by atoms with Gasteiger partial charge in [0.25, 0.3) is 5.69 Å². The SMILES string of the molecule is O=[N+]([O-])c1ccc(-c2csc3[n+]2CCCN3C2CCCCC2)cc1. The van der Waals surface area contributed by atoms with Gasteiger partial charge in [-0.1, -0.05) is 17.8 Å². The molecule has 1 saturated carbocycles. The third kappa shape index (κ3) is 2.79. The highest BCUT2D eigenvalue weighted by atomic mass is 32.1. The highest BCUT2D eigenvalue weighted by Crippen LogP contribution is 2.33. The first-order valence-corrected chi connectivity index (χ1v) is 9.65. The molecule has 2 heterocycles. The van der Waals surface area contributed by atoms with Crippen LogP contribution in [0.1, 0.15) is 38.5 Å². The molecule has 0 radical (unpaired) electrons. The van der Waals surface area contributed by atoms with E-state index in [1.54, 1.807) is 12.1 Å². The van der Waals surface area contributed by atoms with Gasteiger partial charge in [-0.05, 0) is 37.8 Å². The summed E-state index contributed by atoms with van der Waals surface area (Å²) in [4.78, 5) is 13.1. The summed E-state index contributed by atoms with van der Waals surface area (Å²) in [5.74, 6) is 0. The van der Waals surface area contributed by atoms with Crippen LogP contribution in [0.15, 0.2) is 29.6 Å². The molecule has 0 atom stereocenters. The van der Waals surface area contributed by atoms with Crippen LogP contribution in [0.2, 0.25) is 0 Å². The van der Waals surface area contributed by atoms with Gasteiger partial charge in [-0.25, -0.2) is 9.47 Å². The van der Waals surface area contributed by atoms with Crippen LogP contribution >= 0.6 is 11.3 Å². The van der Waals surface area contributed by atoms with Crippen molar-refractivity contribution < 1.29 is 9.49 Å². The third-order valence-electron chi connectivity index (χ3n) is 5.21. The Hall–Kier alpha value is -1.95. The van der Waals surface area contributed by atoms with E-state index >= 15 is 0 Å². The van der Waals surface area contributed by atoms with Gasteiger partial charge in [-0.3, -0.25) is 10.1 Å². The minimum atomic E-state index is -0.342. The summed E-state index contributed by atoms with van der Waals surface area (Å²) < 4.78 is 2.41. The Kier molecular flexibility index (Phi) is 4.22. The zero-order chi connectivity index (χ0) is 16.5. The second-order valence-corrected chi connectivity index (χ2v) is 7.53. The van der Waals surface area contributed by atoms with Gasteiger partial charge in [-0.2, -0.15) is 0 Å². The topological polar surface area (TPSA) is 50.3 Å². The molecule has 0 amide bonds. The van der Waals surface area contributed by atoms with Crippen molar-refractivity contribution in [2.24, 2.45) is 0 Å². The second kappa shape index (κ2) is 6.51. The van der Waals surface area contributed by atoms with E-state index in [1.165, 1.54) is 49.4 Å². The number of rotatable bonds is 3. The molecule has 4 rings (SSSR count).